The molecule has 0 amide bonds. The Morgan fingerprint density at radius 1 is 1.18 bits per heavy atom. The van der Waals surface area contributed by atoms with E-state index in [2.05, 4.69) is 4.98 Å². The SMILES string of the molecule is Nc1ccncc1C(O)c1ccc(Cl)cc1Cl. The lowest BCUT2D eigenvalue weighted by Crippen LogP contribution is -2.04. The van der Waals surface area contributed by atoms with Crippen LogP contribution >= 0.6 is 23.2 Å². The van der Waals surface area contributed by atoms with Gasteiger partial charge in [0.15, 0.2) is 0 Å². The zero-order valence-corrected chi connectivity index (χ0v) is 10.3. The van der Waals surface area contributed by atoms with Crippen LogP contribution < -0.4 is 5.73 Å². The molecule has 5 heteroatoms. The maximum Gasteiger partial charge on any atom is 0.109 e. The summed E-state index contributed by atoms with van der Waals surface area (Å²) in [4.78, 5) is 3.93. The number of nitrogens with two attached hydrogens (primary N) is 1. The molecule has 0 aliphatic rings. The molecule has 0 saturated heterocycles. The van der Waals surface area contributed by atoms with Gasteiger partial charge >= 0.3 is 0 Å². The van der Waals surface area contributed by atoms with Crippen molar-refractivity contribution in [1.29, 1.82) is 0 Å². The lowest BCUT2D eigenvalue weighted by Gasteiger charge is -2.14. The number of nitrogens with zero attached hydrogens (tertiary/aromatic N) is 1. The lowest BCUT2D eigenvalue weighted by atomic mass is 10.0. The number of hydrogen-bond donors (Lipinski definition) is 2. The van der Waals surface area contributed by atoms with Gasteiger partial charge in [0, 0.05) is 39.3 Å². The lowest BCUT2D eigenvalue weighted by molar-refractivity contribution is 0.221. The van der Waals surface area contributed by atoms with E-state index in [9.17, 15) is 5.11 Å². The summed E-state index contributed by atoms with van der Waals surface area (Å²) < 4.78 is 0. The van der Waals surface area contributed by atoms with Crippen LogP contribution in [0.3, 0.4) is 0 Å². The van der Waals surface area contributed by atoms with Gasteiger partial charge in [0.05, 0.1) is 0 Å². The van der Waals surface area contributed by atoms with Crippen molar-refractivity contribution >= 4 is 28.9 Å². The van der Waals surface area contributed by atoms with Crippen molar-refractivity contribution in [1.82, 2.24) is 4.98 Å². The number of rotatable bonds is 2. The third-order valence-electron chi connectivity index (χ3n) is 2.44. The van der Waals surface area contributed by atoms with E-state index in [0.717, 1.165) is 0 Å². The summed E-state index contributed by atoms with van der Waals surface area (Å²) in [5.41, 5.74) is 7.32. The molecule has 2 rings (SSSR count). The number of aliphatic hydroxyl groups excluding tert-OH is 1. The summed E-state index contributed by atoms with van der Waals surface area (Å²) in [6, 6.07) is 6.54. The third-order valence-corrected chi connectivity index (χ3v) is 3.00. The predicted molar refractivity (Wildman–Crippen MR) is 69.2 cm³/mol. The van der Waals surface area contributed by atoms with Crippen LogP contribution in [-0.2, 0) is 0 Å². The number of pyridine rings is 1. The van der Waals surface area contributed by atoms with Crippen LogP contribution in [0.1, 0.15) is 17.2 Å². The maximum absolute atomic E-state index is 10.2. The van der Waals surface area contributed by atoms with E-state index in [4.69, 9.17) is 28.9 Å². The van der Waals surface area contributed by atoms with Crippen LogP contribution in [0.5, 0.6) is 0 Å². The first-order valence-corrected chi connectivity index (χ1v) is 5.67. The molecule has 0 aliphatic carbocycles. The summed E-state index contributed by atoms with van der Waals surface area (Å²) >= 11 is 11.8. The monoisotopic (exact) mass is 268 g/mol. The number of anilines is 1. The molecule has 0 saturated carbocycles. The highest BCUT2D eigenvalue weighted by atomic mass is 35.5. The highest BCUT2D eigenvalue weighted by Crippen LogP contribution is 2.32. The first kappa shape index (κ1) is 12.2. The average molecular weight is 269 g/mol. The largest absolute Gasteiger partial charge is 0.398 e. The second kappa shape index (κ2) is 4.92. The third kappa shape index (κ3) is 2.52. The van der Waals surface area contributed by atoms with Gasteiger partial charge in [0.2, 0.25) is 0 Å². The van der Waals surface area contributed by atoms with E-state index < -0.39 is 6.10 Å². The van der Waals surface area contributed by atoms with Gasteiger partial charge in [-0.1, -0.05) is 29.3 Å². The highest BCUT2D eigenvalue weighted by Gasteiger charge is 2.16. The Morgan fingerprint density at radius 2 is 1.94 bits per heavy atom. The van der Waals surface area contributed by atoms with E-state index in [1.165, 1.54) is 6.20 Å². The van der Waals surface area contributed by atoms with Crippen molar-refractivity contribution < 1.29 is 5.11 Å². The second-order valence-corrected chi connectivity index (χ2v) is 4.42. The molecule has 0 aliphatic heterocycles. The normalized spacial score (nSPS) is 12.4. The van der Waals surface area contributed by atoms with Crippen LogP contribution in [-0.4, -0.2) is 10.1 Å². The Balaban J connectivity index is 2.44. The van der Waals surface area contributed by atoms with Crippen LogP contribution in [0.4, 0.5) is 5.69 Å². The molecule has 2 aromatic rings. The van der Waals surface area contributed by atoms with E-state index in [0.29, 0.717) is 26.9 Å². The summed E-state index contributed by atoms with van der Waals surface area (Å²) in [5.74, 6) is 0. The van der Waals surface area contributed by atoms with Crippen molar-refractivity contribution in [2.75, 3.05) is 5.73 Å². The minimum Gasteiger partial charge on any atom is -0.398 e. The first-order valence-electron chi connectivity index (χ1n) is 4.92. The van der Waals surface area contributed by atoms with Gasteiger partial charge < -0.3 is 10.8 Å². The predicted octanol–water partition coefficient (Wildman–Crippen LogP) is 3.05. The molecular weight excluding hydrogens is 259 g/mol. The van der Waals surface area contributed by atoms with Gasteiger partial charge in [-0.15, -0.1) is 0 Å². The fourth-order valence-electron chi connectivity index (χ4n) is 1.54. The number of aliphatic hydroxyl groups is 1. The highest BCUT2D eigenvalue weighted by molar-refractivity contribution is 6.35. The van der Waals surface area contributed by atoms with Gasteiger partial charge in [-0.2, -0.15) is 0 Å². The molecule has 3 nitrogen and oxygen atoms in total. The zero-order valence-electron chi connectivity index (χ0n) is 8.77. The van der Waals surface area contributed by atoms with Crippen molar-refractivity contribution in [3.8, 4) is 0 Å². The van der Waals surface area contributed by atoms with Crippen molar-refractivity contribution in [3.63, 3.8) is 0 Å². The topological polar surface area (TPSA) is 59.1 Å². The molecule has 88 valence electrons. The summed E-state index contributed by atoms with van der Waals surface area (Å²) in [5, 5.41) is 11.1. The quantitative estimate of drug-likeness (QED) is 0.880. The smallest absolute Gasteiger partial charge is 0.109 e. The van der Waals surface area contributed by atoms with Crippen LogP contribution in [0, 0.1) is 0 Å². The summed E-state index contributed by atoms with van der Waals surface area (Å²) in [6.45, 7) is 0. The molecule has 1 aromatic heterocycles. The maximum atomic E-state index is 10.2. The molecular formula is C12H10Cl2N2O. The first-order chi connectivity index (χ1) is 8.09. The molecule has 17 heavy (non-hydrogen) atoms. The molecule has 1 aromatic carbocycles. The van der Waals surface area contributed by atoms with Gasteiger partial charge in [0.25, 0.3) is 0 Å². The minimum atomic E-state index is -0.909. The van der Waals surface area contributed by atoms with Gasteiger partial charge in [-0.25, -0.2) is 0 Å². The van der Waals surface area contributed by atoms with E-state index in [-0.39, 0.29) is 0 Å². The molecule has 0 bridgehead atoms. The van der Waals surface area contributed by atoms with Gasteiger partial charge in [-0.05, 0) is 18.2 Å². The fraction of sp³-hybridized carbons (Fsp3) is 0.0833. The Hall–Kier alpha value is -1.29. The number of benzene rings is 1. The Bertz CT molecular complexity index is 546. The van der Waals surface area contributed by atoms with E-state index in [1.807, 2.05) is 0 Å². The molecule has 1 unspecified atom stereocenters. The zero-order chi connectivity index (χ0) is 12.4. The standard InChI is InChI=1S/C12H10Cl2N2O/c13-7-1-2-8(10(14)5-7)12(17)9-6-16-4-3-11(9)15/h1-6,12,17H,(H2,15,16). The van der Waals surface area contributed by atoms with Crippen LogP contribution in [0.15, 0.2) is 36.7 Å². The van der Waals surface area contributed by atoms with Gasteiger partial charge in [0.1, 0.15) is 6.10 Å². The van der Waals surface area contributed by atoms with Crippen molar-refractivity contribution in [3.05, 3.63) is 57.8 Å². The Kier molecular flexibility index (Phi) is 3.52. The number of aromatic nitrogens is 1. The van der Waals surface area contributed by atoms with Crippen LogP contribution in [0.2, 0.25) is 10.0 Å². The second-order valence-electron chi connectivity index (χ2n) is 3.57. The molecule has 0 radical (unpaired) electrons. The number of halogens is 2. The molecule has 0 fully saturated rings. The fourth-order valence-corrected chi connectivity index (χ4v) is 2.05. The van der Waals surface area contributed by atoms with Crippen molar-refractivity contribution in [2.24, 2.45) is 0 Å². The Morgan fingerprint density at radius 3 is 2.59 bits per heavy atom. The van der Waals surface area contributed by atoms with Crippen LogP contribution in [0.25, 0.3) is 0 Å². The van der Waals surface area contributed by atoms with Crippen molar-refractivity contribution in [2.45, 2.75) is 6.10 Å². The van der Waals surface area contributed by atoms with E-state index >= 15 is 0 Å². The molecule has 0 spiro atoms. The van der Waals surface area contributed by atoms with Gasteiger partial charge in [-0.3, -0.25) is 4.98 Å². The Labute approximate surface area is 109 Å². The number of hydrogen-bond acceptors (Lipinski definition) is 3. The average Bonchev–Trinajstić information content (AvgIpc) is 2.29. The molecule has 1 heterocycles. The molecule has 3 N–H and O–H groups in total. The minimum absolute atomic E-state index is 0.397. The number of nitrogen functional groups attached to an aromatic ring is 1. The molecule has 1 atom stereocenters. The summed E-state index contributed by atoms with van der Waals surface area (Å²) in [7, 11) is 0. The summed E-state index contributed by atoms with van der Waals surface area (Å²) in [6.07, 6.45) is 2.17. The van der Waals surface area contributed by atoms with E-state index in [1.54, 1.807) is 30.5 Å².